The predicted molar refractivity (Wildman–Crippen MR) is 477 cm³/mol. The van der Waals surface area contributed by atoms with Crippen molar-refractivity contribution < 1.29 is 0 Å². The largest absolute Gasteiger partial charge is 0.308 e. The molecule has 10 heteroatoms. The average Bonchev–Trinajstić information content (AvgIpc) is 1.50. The minimum absolute atomic E-state index is 0.514. The molecule has 534 valence electrons. The Kier molecular flexibility index (Phi) is 13.4. The summed E-state index contributed by atoms with van der Waals surface area (Å²) < 4.78 is 18.1. The van der Waals surface area contributed by atoms with Crippen LogP contribution >= 0.6 is 0 Å². The first-order chi connectivity index (χ1) is 57.2. The van der Waals surface area contributed by atoms with E-state index in [0.717, 1.165) is 209 Å². The lowest BCUT2D eigenvalue weighted by Crippen LogP contribution is -2.11. The van der Waals surface area contributed by atoms with Gasteiger partial charge in [-0.15, -0.1) is 0 Å². The molecule has 0 unspecified atom stereocenters. The topological polar surface area (TPSA) is 73.2 Å². The lowest BCUT2D eigenvalue weighted by molar-refractivity contribution is 1.04. The second-order valence-electron chi connectivity index (χ2n) is 30.1. The normalized spacial score (nSPS) is 12.2. The molecule has 0 amide bonds. The second kappa shape index (κ2) is 24.4. The number of nitrogens with zero attached hydrogens (tertiary/aromatic N) is 10. The molecule has 17 aromatic carbocycles. The van der Waals surface area contributed by atoms with Gasteiger partial charge in [0.1, 0.15) is 0 Å². The summed E-state index contributed by atoms with van der Waals surface area (Å²) in [5.74, 6) is 1.64. The Labute approximate surface area is 657 Å². The van der Waals surface area contributed by atoms with Crippen LogP contribution in [0.1, 0.15) is 0 Å². The van der Waals surface area contributed by atoms with Crippen molar-refractivity contribution in [3.8, 4) is 74.0 Å². The zero-order valence-electron chi connectivity index (χ0n) is 61.9. The number of hydrogen-bond acceptors (Lipinski definition) is 3. The van der Waals surface area contributed by atoms with Crippen molar-refractivity contribution >= 4 is 153 Å². The molecule has 25 rings (SSSR count). The van der Waals surface area contributed by atoms with E-state index in [1.807, 2.05) is 0 Å². The fourth-order valence-electron chi connectivity index (χ4n) is 19.6. The van der Waals surface area contributed by atoms with Crippen molar-refractivity contribution in [1.29, 1.82) is 0 Å². The van der Waals surface area contributed by atoms with Crippen LogP contribution in [0.2, 0.25) is 0 Å². The molecule has 8 heterocycles. The van der Waals surface area contributed by atoms with Gasteiger partial charge in [0.05, 0.1) is 94.3 Å². The maximum Gasteiger partial charge on any atom is 0.164 e. The quantitative estimate of drug-likeness (QED) is 0.137. The summed E-state index contributed by atoms with van der Waals surface area (Å²) in [6, 6.07) is 142. The Morgan fingerprint density at radius 2 is 0.348 bits per heavy atom. The van der Waals surface area contributed by atoms with Gasteiger partial charge in [-0.3, -0.25) is 0 Å². The van der Waals surface area contributed by atoms with Gasteiger partial charge in [0.25, 0.3) is 0 Å². The Hall–Kier alpha value is -15.7. The summed E-state index contributed by atoms with van der Waals surface area (Å²) in [6.07, 6.45) is 0. The predicted octanol–water partition coefficient (Wildman–Crippen LogP) is 26.6. The van der Waals surface area contributed by atoms with Gasteiger partial charge >= 0.3 is 0 Å². The van der Waals surface area contributed by atoms with Crippen molar-refractivity contribution in [1.82, 2.24) is 46.9 Å². The monoisotopic (exact) mass is 1460 g/mol. The Balaban J connectivity index is 0.983. The molecule has 0 aliphatic carbocycles. The van der Waals surface area contributed by atoms with Crippen LogP contribution in [0.5, 0.6) is 0 Å². The van der Waals surface area contributed by atoms with Gasteiger partial charge in [-0.25, -0.2) is 15.0 Å². The van der Waals surface area contributed by atoms with Crippen LogP contribution in [0.3, 0.4) is 0 Å². The average molecular weight is 1470 g/mol. The molecule has 0 N–H and O–H groups in total. The molecule has 0 radical (unpaired) electrons. The second-order valence-corrected chi connectivity index (χ2v) is 30.1. The molecule has 0 saturated carbocycles. The summed E-state index contributed by atoms with van der Waals surface area (Å²) in [5, 5.41) is 15.8. The molecular formula is C105H64N10. The SMILES string of the molecule is c1ccc(-c2nc(-c3ccccc3)nc(-c3cc(-n4c5ccccc5c5c6c(c7ccccc7n6-c6ccccc6)c6c(c7ccccc7n6-c6ccccc6)c54)c(-n4c5ccccc5c5ccccc54)c(-n4c5ccccc5c5c6c(c7ccccc7n6-c6ccccc6)c6c(c7ccccc7n6-c6ccccc6)c54)c3)n2)cc1. The van der Waals surface area contributed by atoms with E-state index in [4.69, 9.17) is 15.0 Å². The summed E-state index contributed by atoms with van der Waals surface area (Å²) in [4.78, 5) is 17.0. The molecule has 10 nitrogen and oxygen atoms in total. The van der Waals surface area contributed by atoms with Gasteiger partial charge in [-0.2, -0.15) is 0 Å². The van der Waals surface area contributed by atoms with E-state index in [9.17, 15) is 0 Å². The van der Waals surface area contributed by atoms with Gasteiger partial charge < -0.3 is 32.0 Å². The van der Waals surface area contributed by atoms with E-state index in [-0.39, 0.29) is 0 Å². The summed E-state index contributed by atoms with van der Waals surface area (Å²) in [6.45, 7) is 0. The summed E-state index contributed by atoms with van der Waals surface area (Å²) in [7, 11) is 0. The summed E-state index contributed by atoms with van der Waals surface area (Å²) >= 11 is 0. The highest BCUT2D eigenvalue weighted by molar-refractivity contribution is 6.42. The lowest BCUT2D eigenvalue weighted by atomic mass is 10.0. The van der Waals surface area contributed by atoms with Crippen LogP contribution < -0.4 is 0 Å². The first-order valence-corrected chi connectivity index (χ1v) is 39.3. The zero-order valence-corrected chi connectivity index (χ0v) is 61.9. The van der Waals surface area contributed by atoms with Gasteiger partial charge in [-0.05, 0) is 109 Å². The van der Waals surface area contributed by atoms with E-state index in [1.54, 1.807) is 0 Å². The highest BCUT2D eigenvalue weighted by atomic mass is 15.1. The molecule has 115 heavy (non-hydrogen) atoms. The van der Waals surface area contributed by atoms with Crippen molar-refractivity contribution in [3.05, 3.63) is 388 Å². The number of fused-ring (bicyclic) bond motifs is 27. The van der Waals surface area contributed by atoms with Crippen molar-refractivity contribution in [2.24, 2.45) is 0 Å². The maximum absolute atomic E-state index is 5.80. The van der Waals surface area contributed by atoms with Gasteiger partial charge in [-0.1, -0.05) is 279 Å². The highest BCUT2D eigenvalue weighted by Gasteiger charge is 2.35. The first kappa shape index (κ1) is 63.2. The Morgan fingerprint density at radius 1 is 0.157 bits per heavy atom. The molecule has 0 fully saturated rings. The van der Waals surface area contributed by atoms with E-state index >= 15 is 0 Å². The van der Waals surface area contributed by atoms with Crippen LogP contribution in [-0.2, 0) is 0 Å². The number of rotatable bonds is 10. The first-order valence-electron chi connectivity index (χ1n) is 39.3. The molecule has 25 aromatic rings. The molecule has 0 aliphatic rings. The Morgan fingerprint density at radius 3 is 0.609 bits per heavy atom. The molecule has 0 spiro atoms. The minimum atomic E-state index is 0.514. The van der Waals surface area contributed by atoms with Gasteiger partial charge in [0.15, 0.2) is 17.5 Å². The van der Waals surface area contributed by atoms with Crippen LogP contribution in [0, 0.1) is 0 Å². The third-order valence-electron chi connectivity index (χ3n) is 24.0. The fourth-order valence-corrected chi connectivity index (χ4v) is 19.6. The fraction of sp³-hybridized carbons (Fsp3) is 0. The van der Waals surface area contributed by atoms with Crippen LogP contribution in [0.25, 0.3) is 227 Å². The lowest BCUT2D eigenvalue weighted by Gasteiger charge is -2.24. The smallest absolute Gasteiger partial charge is 0.164 e. The van der Waals surface area contributed by atoms with Gasteiger partial charge in [0.2, 0.25) is 0 Å². The molecule has 8 aromatic heterocycles. The number of para-hydroxylation sites is 12. The van der Waals surface area contributed by atoms with E-state index in [1.165, 1.54) is 0 Å². The zero-order chi connectivity index (χ0) is 75.1. The minimum Gasteiger partial charge on any atom is -0.308 e. The molecule has 0 aliphatic heterocycles. The molecule has 0 atom stereocenters. The molecule has 0 saturated heterocycles. The number of hydrogen-bond donors (Lipinski definition) is 0. The standard InChI is InChI=1S/C105H64N10/c1-7-35-65(36-8-1)103-106-104(66-37-9-2-10-38-66)108-105(107-103)67-63-88(114-86-61-33-25-53-78(86)94-99-90(74-49-21-29-57-82(74)109(99)68-39-11-3-12-40-68)97-92(101(94)114)76-51-23-31-59-84(76)111(97)70-43-15-5-16-44-70)96(113-80-55-27-19-47-72(80)73-48-20-28-56-81(73)113)89(64-67)115-87-62-34-26-54-79(87)95-100-91(75-50-22-30-58-83(75)110(100)69-41-13-4-14-42-69)98-93(102(95)115)77-52-24-32-60-85(77)112(98)71-45-17-6-18-46-71/h1-64H. The summed E-state index contributed by atoms with van der Waals surface area (Å²) in [5.41, 5.74) is 24.6. The highest BCUT2D eigenvalue weighted by Crippen LogP contribution is 2.55. The van der Waals surface area contributed by atoms with Crippen LogP contribution in [-0.4, -0.2) is 46.9 Å². The van der Waals surface area contributed by atoms with E-state index < -0.39 is 0 Å². The van der Waals surface area contributed by atoms with E-state index in [0.29, 0.717) is 17.5 Å². The molecule has 0 bridgehead atoms. The third kappa shape index (κ3) is 8.90. The van der Waals surface area contributed by atoms with Crippen molar-refractivity contribution in [2.45, 2.75) is 0 Å². The molecular weight excluding hydrogens is 1400 g/mol. The van der Waals surface area contributed by atoms with Crippen LogP contribution in [0.4, 0.5) is 0 Å². The van der Waals surface area contributed by atoms with E-state index in [2.05, 4.69) is 420 Å². The number of benzene rings is 17. The third-order valence-corrected chi connectivity index (χ3v) is 24.0. The van der Waals surface area contributed by atoms with Crippen molar-refractivity contribution in [2.75, 3.05) is 0 Å². The number of aromatic nitrogens is 10. The van der Waals surface area contributed by atoms with Crippen molar-refractivity contribution in [3.63, 3.8) is 0 Å². The Bertz CT molecular complexity index is 7750. The van der Waals surface area contributed by atoms with Crippen LogP contribution in [0.15, 0.2) is 388 Å². The maximum atomic E-state index is 5.80. The van der Waals surface area contributed by atoms with Gasteiger partial charge in [0, 0.05) is 115 Å².